The zero-order chi connectivity index (χ0) is 12.6. The minimum absolute atomic E-state index is 0.0141. The smallest absolute Gasteiger partial charge is 0.137 e. The molecule has 0 saturated heterocycles. The maximum absolute atomic E-state index is 6.23. The van der Waals surface area contributed by atoms with Crippen molar-refractivity contribution in [3.05, 3.63) is 35.6 Å². The highest BCUT2D eigenvalue weighted by Crippen LogP contribution is 2.34. The first kappa shape index (κ1) is 12.2. The number of benzene rings is 1. The van der Waals surface area contributed by atoms with Crippen LogP contribution in [0.2, 0.25) is 0 Å². The Morgan fingerprint density at radius 2 is 2.00 bits per heavy atom. The number of hydrogen-bond acceptors (Lipinski definition) is 2. The van der Waals surface area contributed by atoms with Gasteiger partial charge in [-0.2, -0.15) is 0 Å². The Hall–Kier alpha value is -1.28. The summed E-state index contributed by atoms with van der Waals surface area (Å²) in [6.07, 6.45) is 0.981. The largest absolute Gasteiger partial charge is 0.459 e. The number of hydrogen-bond donors (Lipinski definition) is 1. The predicted octanol–water partition coefficient (Wildman–Crippen LogP) is 4.04. The molecule has 1 aromatic heterocycles. The average Bonchev–Trinajstić information content (AvgIpc) is 2.69. The zero-order valence-electron chi connectivity index (χ0n) is 11.1. The van der Waals surface area contributed by atoms with E-state index in [4.69, 9.17) is 10.2 Å². The van der Waals surface area contributed by atoms with Crippen molar-refractivity contribution in [3.8, 4) is 0 Å². The van der Waals surface area contributed by atoms with Gasteiger partial charge in [0.1, 0.15) is 11.3 Å². The Kier molecular flexibility index (Phi) is 3.00. The summed E-state index contributed by atoms with van der Waals surface area (Å²) in [5.41, 5.74) is 8.48. The lowest BCUT2D eigenvalue weighted by molar-refractivity contribution is 0.290. The van der Waals surface area contributed by atoms with Gasteiger partial charge in [-0.25, -0.2) is 0 Å². The van der Waals surface area contributed by atoms with Crippen LogP contribution in [0.4, 0.5) is 0 Å². The maximum Gasteiger partial charge on any atom is 0.137 e. The van der Waals surface area contributed by atoms with Gasteiger partial charge in [-0.3, -0.25) is 0 Å². The van der Waals surface area contributed by atoms with Crippen molar-refractivity contribution in [2.75, 3.05) is 0 Å². The first-order valence-electron chi connectivity index (χ1n) is 6.20. The Morgan fingerprint density at radius 3 is 2.59 bits per heavy atom. The molecule has 0 aliphatic heterocycles. The molecule has 0 spiro atoms. The number of rotatable bonds is 2. The van der Waals surface area contributed by atoms with Crippen LogP contribution >= 0.6 is 0 Å². The molecule has 1 aromatic carbocycles. The van der Waals surface area contributed by atoms with Gasteiger partial charge in [0.15, 0.2) is 0 Å². The van der Waals surface area contributed by atoms with E-state index in [1.54, 1.807) is 0 Å². The van der Waals surface area contributed by atoms with Crippen LogP contribution in [0.25, 0.3) is 11.0 Å². The van der Waals surface area contributed by atoms with E-state index in [-0.39, 0.29) is 11.5 Å². The average molecular weight is 231 g/mol. The summed E-state index contributed by atoms with van der Waals surface area (Å²) in [5.74, 6) is 0.883. The number of nitrogens with two attached hydrogens (primary N) is 1. The topological polar surface area (TPSA) is 39.2 Å². The number of fused-ring (bicyclic) bond motifs is 1. The molecular formula is C15H21NO. The molecule has 0 amide bonds. The van der Waals surface area contributed by atoms with E-state index in [2.05, 4.69) is 52.0 Å². The zero-order valence-corrected chi connectivity index (χ0v) is 11.1. The Bertz CT molecular complexity index is 519. The SMILES string of the molecule is CCc1cccc2cc(C(N)C(C)(C)C)oc12. The van der Waals surface area contributed by atoms with Gasteiger partial charge in [0.25, 0.3) is 0 Å². The van der Waals surface area contributed by atoms with Crippen molar-refractivity contribution in [1.82, 2.24) is 0 Å². The van der Waals surface area contributed by atoms with Crippen molar-refractivity contribution >= 4 is 11.0 Å². The van der Waals surface area contributed by atoms with E-state index in [1.165, 1.54) is 5.56 Å². The molecule has 2 aromatic rings. The van der Waals surface area contributed by atoms with Crippen LogP contribution < -0.4 is 5.73 Å². The number of furan rings is 1. The van der Waals surface area contributed by atoms with Gasteiger partial charge in [0.05, 0.1) is 6.04 Å². The molecular weight excluding hydrogens is 210 g/mol. The minimum Gasteiger partial charge on any atom is -0.459 e. The van der Waals surface area contributed by atoms with Crippen LogP contribution in [0.15, 0.2) is 28.7 Å². The van der Waals surface area contributed by atoms with Crippen LogP contribution in [0.5, 0.6) is 0 Å². The van der Waals surface area contributed by atoms with E-state index in [0.717, 1.165) is 23.2 Å². The predicted molar refractivity (Wildman–Crippen MR) is 72.0 cm³/mol. The summed E-state index contributed by atoms with van der Waals surface area (Å²) in [6.45, 7) is 8.53. The molecule has 92 valence electrons. The third-order valence-corrected chi connectivity index (χ3v) is 3.27. The number of aryl methyl sites for hydroxylation is 1. The van der Waals surface area contributed by atoms with E-state index in [9.17, 15) is 0 Å². The highest BCUT2D eigenvalue weighted by atomic mass is 16.3. The fourth-order valence-corrected chi connectivity index (χ4v) is 2.00. The molecule has 17 heavy (non-hydrogen) atoms. The second-order valence-corrected chi connectivity index (χ2v) is 5.68. The van der Waals surface area contributed by atoms with Crippen LogP contribution in [0.3, 0.4) is 0 Å². The molecule has 1 unspecified atom stereocenters. The fourth-order valence-electron chi connectivity index (χ4n) is 2.00. The minimum atomic E-state index is -0.0698. The Labute approximate surface area is 103 Å². The first-order valence-corrected chi connectivity index (χ1v) is 6.20. The monoisotopic (exact) mass is 231 g/mol. The van der Waals surface area contributed by atoms with E-state index < -0.39 is 0 Å². The van der Waals surface area contributed by atoms with Gasteiger partial charge in [0.2, 0.25) is 0 Å². The summed E-state index contributed by atoms with van der Waals surface area (Å²) in [7, 11) is 0. The van der Waals surface area contributed by atoms with Crippen LogP contribution in [-0.4, -0.2) is 0 Å². The third kappa shape index (κ3) is 2.22. The fraction of sp³-hybridized carbons (Fsp3) is 0.467. The molecule has 0 radical (unpaired) electrons. The first-order chi connectivity index (χ1) is 7.93. The molecule has 2 heteroatoms. The van der Waals surface area contributed by atoms with Gasteiger partial charge in [-0.15, -0.1) is 0 Å². The second kappa shape index (κ2) is 4.19. The third-order valence-electron chi connectivity index (χ3n) is 3.27. The lowest BCUT2D eigenvalue weighted by atomic mass is 9.86. The standard InChI is InChI=1S/C15H21NO/c1-5-10-7-6-8-11-9-12(17-13(10)11)14(16)15(2,3)4/h6-9,14H,5,16H2,1-4H3. The van der Waals surface area contributed by atoms with Crippen molar-refractivity contribution in [3.63, 3.8) is 0 Å². The van der Waals surface area contributed by atoms with Gasteiger partial charge in [-0.1, -0.05) is 45.9 Å². The normalized spacial score (nSPS) is 14.2. The van der Waals surface area contributed by atoms with Gasteiger partial charge < -0.3 is 10.2 Å². The van der Waals surface area contributed by atoms with E-state index in [1.807, 2.05) is 0 Å². The Balaban J connectivity index is 2.52. The molecule has 0 fully saturated rings. The van der Waals surface area contributed by atoms with Crippen molar-refractivity contribution in [2.45, 2.75) is 40.2 Å². The summed E-state index contributed by atoms with van der Waals surface area (Å²) in [5, 5.41) is 1.15. The second-order valence-electron chi connectivity index (χ2n) is 5.68. The molecule has 0 saturated carbocycles. The summed E-state index contributed by atoms with van der Waals surface area (Å²) in [4.78, 5) is 0. The van der Waals surface area contributed by atoms with Gasteiger partial charge in [0, 0.05) is 5.39 Å². The molecule has 2 nitrogen and oxygen atoms in total. The quantitative estimate of drug-likeness (QED) is 0.847. The maximum atomic E-state index is 6.23. The molecule has 0 aliphatic rings. The highest BCUT2D eigenvalue weighted by molar-refractivity contribution is 5.81. The molecule has 2 rings (SSSR count). The Morgan fingerprint density at radius 1 is 1.29 bits per heavy atom. The van der Waals surface area contributed by atoms with E-state index in [0.29, 0.717) is 0 Å². The van der Waals surface area contributed by atoms with Crippen LogP contribution in [0.1, 0.15) is 45.1 Å². The van der Waals surface area contributed by atoms with Crippen molar-refractivity contribution < 1.29 is 4.42 Å². The lowest BCUT2D eigenvalue weighted by Crippen LogP contribution is -2.25. The van der Waals surface area contributed by atoms with Gasteiger partial charge >= 0.3 is 0 Å². The lowest BCUT2D eigenvalue weighted by Gasteiger charge is -2.24. The molecule has 0 aliphatic carbocycles. The van der Waals surface area contributed by atoms with E-state index >= 15 is 0 Å². The molecule has 0 bridgehead atoms. The molecule has 1 atom stereocenters. The summed E-state index contributed by atoms with van der Waals surface area (Å²) < 4.78 is 5.95. The van der Waals surface area contributed by atoms with Crippen molar-refractivity contribution in [2.24, 2.45) is 11.1 Å². The number of para-hydroxylation sites is 1. The van der Waals surface area contributed by atoms with Gasteiger partial charge in [-0.05, 0) is 23.5 Å². The molecule has 1 heterocycles. The summed E-state index contributed by atoms with van der Waals surface area (Å²) >= 11 is 0. The van der Waals surface area contributed by atoms with Crippen molar-refractivity contribution in [1.29, 1.82) is 0 Å². The van der Waals surface area contributed by atoms with Crippen LogP contribution in [-0.2, 0) is 6.42 Å². The molecule has 2 N–H and O–H groups in total. The highest BCUT2D eigenvalue weighted by Gasteiger charge is 2.25. The van der Waals surface area contributed by atoms with Crippen LogP contribution in [0, 0.1) is 5.41 Å². The summed E-state index contributed by atoms with van der Waals surface area (Å²) in [6, 6.07) is 8.27.